The van der Waals surface area contributed by atoms with Crippen molar-refractivity contribution < 1.29 is 4.79 Å². The minimum atomic E-state index is -0.347. The van der Waals surface area contributed by atoms with Crippen LogP contribution in [0.15, 0.2) is 18.2 Å². The Kier molecular flexibility index (Phi) is 4.55. The molecule has 0 N–H and O–H groups in total. The van der Waals surface area contributed by atoms with Gasteiger partial charge < -0.3 is 4.90 Å². The van der Waals surface area contributed by atoms with Crippen molar-refractivity contribution >= 4 is 11.6 Å². The summed E-state index contributed by atoms with van der Waals surface area (Å²) >= 11 is 0. The second kappa shape index (κ2) is 5.55. The zero-order chi connectivity index (χ0) is 13.9. The average molecular weight is 247 g/mol. The molecule has 18 heavy (non-hydrogen) atoms. The molecule has 100 valence electrons. The normalized spacial score (nSPS) is 11.4. The van der Waals surface area contributed by atoms with Crippen LogP contribution in [0.1, 0.15) is 45.7 Å². The molecule has 1 aromatic carbocycles. The summed E-state index contributed by atoms with van der Waals surface area (Å²) < 4.78 is 0. The molecule has 1 rings (SSSR count). The first kappa shape index (κ1) is 14.7. The summed E-state index contributed by atoms with van der Waals surface area (Å²) in [6.07, 6.45) is 1.90. The highest BCUT2D eigenvalue weighted by molar-refractivity contribution is 5.97. The third-order valence-electron chi connectivity index (χ3n) is 3.25. The molecule has 0 saturated heterocycles. The molecule has 1 aromatic rings. The molecule has 0 bridgehead atoms. The van der Waals surface area contributed by atoms with Gasteiger partial charge in [0.15, 0.2) is 0 Å². The fraction of sp³-hybridized carbons (Fsp3) is 0.562. The van der Waals surface area contributed by atoms with Crippen LogP contribution in [0.3, 0.4) is 0 Å². The Balaban J connectivity index is 3.27. The van der Waals surface area contributed by atoms with Crippen LogP contribution in [-0.4, -0.2) is 13.0 Å². The highest BCUT2D eigenvalue weighted by Crippen LogP contribution is 2.29. The van der Waals surface area contributed by atoms with Crippen molar-refractivity contribution in [1.29, 1.82) is 0 Å². The lowest BCUT2D eigenvalue weighted by Crippen LogP contribution is -2.37. The summed E-state index contributed by atoms with van der Waals surface area (Å²) in [7, 11) is 1.89. The zero-order valence-electron chi connectivity index (χ0n) is 12.5. The summed E-state index contributed by atoms with van der Waals surface area (Å²) in [5, 5.41) is 0. The number of benzene rings is 1. The van der Waals surface area contributed by atoms with E-state index in [0.717, 1.165) is 18.5 Å². The number of aryl methyl sites for hydroxylation is 2. The Hall–Kier alpha value is -1.31. The van der Waals surface area contributed by atoms with E-state index in [4.69, 9.17) is 0 Å². The molecule has 2 heteroatoms. The Morgan fingerprint density at radius 3 is 1.89 bits per heavy atom. The Morgan fingerprint density at radius 1 is 1.11 bits per heavy atom. The van der Waals surface area contributed by atoms with Gasteiger partial charge in [0.2, 0.25) is 5.91 Å². The molecule has 1 amide bonds. The zero-order valence-corrected chi connectivity index (χ0v) is 12.5. The van der Waals surface area contributed by atoms with E-state index in [1.54, 1.807) is 0 Å². The SMILES string of the molecule is CCc1cccc(CC)c1N(C)C(=O)C(C)(C)C. The molecule has 0 aliphatic carbocycles. The van der Waals surface area contributed by atoms with E-state index in [0.29, 0.717) is 0 Å². The van der Waals surface area contributed by atoms with Crippen LogP contribution in [-0.2, 0) is 17.6 Å². The Labute approximate surface area is 111 Å². The second-order valence-electron chi connectivity index (χ2n) is 5.75. The first-order valence-corrected chi connectivity index (χ1v) is 6.71. The number of hydrogen-bond donors (Lipinski definition) is 0. The van der Waals surface area contributed by atoms with Crippen LogP contribution >= 0.6 is 0 Å². The van der Waals surface area contributed by atoms with Crippen molar-refractivity contribution in [2.24, 2.45) is 5.41 Å². The van der Waals surface area contributed by atoms with Gasteiger partial charge in [0, 0.05) is 18.2 Å². The Morgan fingerprint density at radius 2 is 1.56 bits per heavy atom. The molecule has 0 aliphatic rings. The standard InChI is InChI=1S/C16H25NO/c1-7-12-10-9-11-13(8-2)14(12)17(6)15(18)16(3,4)5/h9-11H,7-8H2,1-6H3. The van der Waals surface area contributed by atoms with Gasteiger partial charge in [0.05, 0.1) is 0 Å². The first-order chi connectivity index (χ1) is 8.32. The number of amides is 1. The lowest BCUT2D eigenvalue weighted by Gasteiger charge is -2.29. The van der Waals surface area contributed by atoms with E-state index in [2.05, 4.69) is 32.0 Å². The molecule has 0 atom stereocenters. The van der Waals surface area contributed by atoms with Crippen LogP contribution < -0.4 is 4.90 Å². The van der Waals surface area contributed by atoms with Gasteiger partial charge >= 0.3 is 0 Å². The highest BCUT2D eigenvalue weighted by Gasteiger charge is 2.27. The van der Waals surface area contributed by atoms with Gasteiger partial charge in [-0.25, -0.2) is 0 Å². The van der Waals surface area contributed by atoms with Gasteiger partial charge in [-0.3, -0.25) is 4.79 Å². The third-order valence-corrected chi connectivity index (χ3v) is 3.25. The number of nitrogens with zero attached hydrogens (tertiary/aromatic N) is 1. The summed E-state index contributed by atoms with van der Waals surface area (Å²) in [6, 6.07) is 6.30. The molecule has 0 radical (unpaired) electrons. The molecule has 0 fully saturated rings. The first-order valence-electron chi connectivity index (χ1n) is 6.71. The topological polar surface area (TPSA) is 20.3 Å². The molecule has 0 unspecified atom stereocenters. The summed E-state index contributed by atoms with van der Waals surface area (Å²) in [6.45, 7) is 10.2. The van der Waals surface area contributed by atoms with Gasteiger partial charge in [0.25, 0.3) is 0 Å². The molecule has 2 nitrogen and oxygen atoms in total. The summed E-state index contributed by atoms with van der Waals surface area (Å²) in [5.41, 5.74) is 3.24. The smallest absolute Gasteiger partial charge is 0.232 e. The minimum Gasteiger partial charge on any atom is -0.314 e. The third kappa shape index (κ3) is 2.92. The van der Waals surface area contributed by atoms with Gasteiger partial charge in [-0.1, -0.05) is 52.8 Å². The van der Waals surface area contributed by atoms with Gasteiger partial charge in [0.1, 0.15) is 0 Å². The van der Waals surface area contributed by atoms with Crippen LogP contribution in [0, 0.1) is 5.41 Å². The summed E-state index contributed by atoms with van der Waals surface area (Å²) in [4.78, 5) is 14.3. The van der Waals surface area contributed by atoms with Gasteiger partial charge in [-0.15, -0.1) is 0 Å². The van der Waals surface area contributed by atoms with E-state index in [-0.39, 0.29) is 11.3 Å². The molecular formula is C16H25NO. The monoisotopic (exact) mass is 247 g/mol. The molecule has 0 heterocycles. The van der Waals surface area contributed by atoms with Crippen LogP contribution in [0.5, 0.6) is 0 Å². The lowest BCUT2D eigenvalue weighted by atomic mass is 9.93. The van der Waals surface area contributed by atoms with Crippen LogP contribution in [0.4, 0.5) is 5.69 Å². The number of para-hydroxylation sites is 1. The maximum Gasteiger partial charge on any atom is 0.232 e. The fourth-order valence-electron chi connectivity index (χ4n) is 2.25. The molecule has 0 aliphatic heterocycles. The van der Waals surface area contributed by atoms with Crippen molar-refractivity contribution in [2.45, 2.75) is 47.5 Å². The predicted octanol–water partition coefficient (Wildman–Crippen LogP) is 3.82. The van der Waals surface area contributed by atoms with Gasteiger partial charge in [-0.2, -0.15) is 0 Å². The number of hydrogen-bond acceptors (Lipinski definition) is 1. The number of carbonyl (C=O) groups is 1. The maximum atomic E-state index is 12.4. The van der Waals surface area contributed by atoms with E-state index in [9.17, 15) is 4.79 Å². The largest absolute Gasteiger partial charge is 0.314 e. The van der Waals surface area contributed by atoms with Gasteiger partial charge in [-0.05, 0) is 24.0 Å². The highest BCUT2D eigenvalue weighted by atomic mass is 16.2. The molecule has 0 saturated carbocycles. The van der Waals surface area contributed by atoms with Crippen molar-refractivity contribution in [3.05, 3.63) is 29.3 Å². The van der Waals surface area contributed by atoms with Crippen molar-refractivity contribution in [2.75, 3.05) is 11.9 Å². The number of carbonyl (C=O) groups excluding carboxylic acids is 1. The second-order valence-corrected chi connectivity index (χ2v) is 5.75. The average Bonchev–Trinajstić information content (AvgIpc) is 2.34. The van der Waals surface area contributed by atoms with E-state index in [1.807, 2.05) is 32.7 Å². The van der Waals surface area contributed by atoms with Crippen molar-refractivity contribution in [3.63, 3.8) is 0 Å². The Bertz CT molecular complexity index is 407. The summed E-state index contributed by atoms with van der Waals surface area (Å²) in [5.74, 6) is 0.165. The maximum absolute atomic E-state index is 12.4. The number of anilines is 1. The van der Waals surface area contributed by atoms with Crippen LogP contribution in [0.25, 0.3) is 0 Å². The minimum absolute atomic E-state index is 0.165. The van der Waals surface area contributed by atoms with E-state index in [1.165, 1.54) is 11.1 Å². The van der Waals surface area contributed by atoms with Crippen molar-refractivity contribution in [1.82, 2.24) is 0 Å². The van der Waals surface area contributed by atoms with Crippen LogP contribution in [0.2, 0.25) is 0 Å². The molecule has 0 aromatic heterocycles. The number of rotatable bonds is 3. The van der Waals surface area contributed by atoms with Crippen molar-refractivity contribution in [3.8, 4) is 0 Å². The van der Waals surface area contributed by atoms with E-state index < -0.39 is 0 Å². The lowest BCUT2D eigenvalue weighted by molar-refractivity contribution is -0.125. The quantitative estimate of drug-likeness (QED) is 0.795. The molecular weight excluding hydrogens is 222 g/mol. The fourth-order valence-corrected chi connectivity index (χ4v) is 2.25. The van der Waals surface area contributed by atoms with E-state index >= 15 is 0 Å². The predicted molar refractivity (Wildman–Crippen MR) is 78.1 cm³/mol. The molecule has 0 spiro atoms.